The Morgan fingerprint density at radius 1 is 0.926 bits per heavy atom. The third-order valence-electron chi connectivity index (χ3n) is 3.44. The van der Waals surface area contributed by atoms with Crippen LogP contribution in [-0.2, 0) is 4.74 Å². The first-order valence-electron chi connectivity index (χ1n) is 7.83. The summed E-state index contributed by atoms with van der Waals surface area (Å²) >= 11 is 5.05. The lowest BCUT2D eigenvalue weighted by Gasteiger charge is -2.15. The number of carbonyl (C=O) groups excluding carboxylic acids is 3. The molecule has 0 aliphatic rings. The van der Waals surface area contributed by atoms with Crippen LogP contribution >= 0.6 is 12.2 Å². The highest BCUT2D eigenvalue weighted by atomic mass is 32.1. The van der Waals surface area contributed by atoms with Crippen molar-refractivity contribution in [3.8, 4) is 0 Å². The summed E-state index contributed by atoms with van der Waals surface area (Å²) in [5.74, 6) is -0.197. The van der Waals surface area contributed by atoms with Crippen molar-refractivity contribution >= 4 is 46.6 Å². The van der Waals surface area contributed by atoms with Crippen molar-refractivity contribution in [3.05, 3.63) is 59.7 Å². The topological polar surface area (TPSA) is 109 Å². The fourth-order valence-electron chi connectivity index (χ4n) is 2.14. The maximum absolute atomic E-state index is 12.6. The summed E-state index contributed by atoms with van der Waals surface area (Å²) in [6, 6.07) is 13.0. The standard InChI is InChI=1S/C18H18N4O4S/c1-19-16(24)20-13-9-8-12(15(23)11-6-4-3-5-7-11)10-14(13)21-17(27)22-18(25)26-2/h3-10H,1-2H3,(H2,19,20,24)(H2,21,22,25,27). The van der Waals surface area contributed by atoms with Crippen molar-refractivity contribution in [2.45, 2.75) is 0 Å². The highest BCUT2D eigenvalue weighted by Gasteiger charge is 2.14. The Labute approximate surface area is 161 Å². The minimum atomic E-state index is -0.746. The molecule has 0 unspecified atom stereocenters. The van der Waals surface area contributed by atoms with Crippen LogP contribution in [0.25, 0.3) is 0 Å². The first-order chi connectivity index (χ1) is 12.9. The van der Waals surface area contributed by atoms with Gasteiger partial charge in [0, 0.05) is 18.2 Å². The average Bonchev–Trinajstić information content (AvgIpc) is 2.69. The van der Waals surface area contributed by atoms with Gasteiger partial charge >= 0.3 is 12.1 Å². The molecule has 0 aliphatic heterocycles. The predicted molar refractivity (Wildman–Crippen MR) is 106 cm³/mol. The molecular weight excluding hydrogens is 368 g/mol. The summed E-state index contributed by atoms with van der Waals surface area (Å²) in [7, 11) is 2.68. The molecule has 2 aromatic carbocycles. The SMILES string of the molecule is CNC(=O)Nc1ccc(C(=O)c2ccccc2)cc1NC(=S)NC(=O)OC. The molecule has 0 heterocycles. The van der Waals surface area contributed by atoms with Gasteiger partial charge in [-0.15, -0.1) is 0 Å². The fraction of sp³-hybridized carbons (Fsp3) is 0.111. The molecule has 0 fully saturated rings. The molecule has 3 amide bonds. The van der Waals surface area contributed by atoms with E-state index in [2.05, 4.69) is 26.0 Å². The number of methoxy groups -OCH3 is 1. The van der Waals surface area contributed by atoms with Crippen molar-refractivity contribution in [1.82, 2.24) is 10.6 Å². The lowest BCUT2D eigenvalue weighted by atomic mass is 10.0. The smallest absolute Gasteiger partial charge is 0.413 e. The van der Waals surface area contributed by atoms with Crippen LogP contribution in [0.2, 0.25) is 0 Å². The minimum Gasteiger partial charge on any atom is -0.453 e. The Morgan fingerprint density at radius 3 is 2.26 bits per heavy atom. The third kappa shape index (κ3) is 5.51. The lowest BCUT2D eigenvalue weighted by Crippen LogP contribution is -2.34. The minimum absolute atomic E-state index is 0.0499. The number of amides is 3. The van der Waals surface area contributed by atoms with Gasteiger partial charge in [0.25, 0.3) is 0 Å². The van der Waals surface area contributed by atoms with E-state index in [0.29, 0.717) is 22.5 Å². The molecule has 0 saturated carbocycles. The fourth-order valence-corrected chi connectivity index (χ4v) is 2.33. The quantitative estimate of drug-likeness (QED) is 0.475. The maximum atomic E-state index is 12.6. The van der Waals surface area contributed by atoms with Crippen molar-refractivity contribution in [1.29, 1.82) is 0 Å². The zero-order valence-corrected chi connectivity index (χ0v) is 15.5. The molecule has 0 radical (unpaired) electrons. The molecule has 27 heavy (non-hydrogen) atoms. The van der Waals surface area contributed by atoms with Crippen LogP contribution in [-0.4, -0.2) is 37.2 Å². The summed E-state index contributed by atoms with van der Waals surface area (Å²) < 4.78 is 4.48. The van der Waals surface area contributed by atoms with Crippen molar-refractivity contribution < 1.29 is 19.1 Å². The van der Waals surface area contributed by atoms with Gasteiger partial charge in [-0.05, 0) is 30.4 Å². The van der Waals surface area contributed by atoms with Gasteiger partial charge in [-0.3, -0.25) is 10.1 Å². The Morgan fingerprint density at radius 2 is 1.63 bits per heavy atom. The molecule has 0 spiro atoms. The van der Waals surface area contributed by atoms with Gasteiger partial charge in [-0.25, -0.2) is 9.59 Å². The second kappa shape index (κ2) is 9.30. The van der Waals surface area contributed by atoms with Crippen LogP contribution < -0.4 is 21.3 Å². The second-order valence-corrected chi connectivity index (χ2v) is 5.64. The summed E-state index contributed by atoms with van der Waals surface area (Å²) in [4.78, 5) is 35.6. The van der Waals surface area contributed by atoms with E-state index in [1.165, 1.54) is 20.2 Å². The lowest BCUT2D eigenvalue weighted by molar-refractivity contribution is 0.103. The van der Waals surface area contributed by atoms with E-state index in [4.69, 9.17) is 12.2 Å². The van der Waals surface area contributed by atoms with Gasteiger partial charge in [-0.1, -0.05) is 30.3 Å². The molecule has 0 saturated heterocycles. The predicted octanol–water partition coefficient (Wildman–Crippen LogP) is 2.72. The first-order valence-corrected chi connectivity index (χ1v) is 8.24. The number of thiocarbonyl (C=S) groups is 1. The largest absolute Gasteiger partial charge is 0.453 e. The molecule has 0 aromatic heterocycles. The Bertz CT molecular complexity index is 871. The summed E-state index contributed by atoms with van der Waals surface area (Å²) in [5, 5.41) is 10.1. The van der Waals surface area contributed by atoms with E-state index in [1.54, 1.807) is 36.4 Å². The number of ether oxygens (including phenoxy) is 1. The number of ketones is 1. The summed E-state index contributed by atoms with van der Waals surface area (Å²) in [5.41, 5.74) is 1.60. The van der Waals surface area contributed by atoms with Gasteiger partial charge in [0.05, 0.1) is 18.5 Å². The monoisotopic (exact) mass is 386 g/mol. The van der Waals surface area contributed by atoms with E-state index in [1.807, 2.05) is 6.07 Å². The molecule has 8 nitrogen and oxygen atoms in total. The summed E-state index contributed by atoms with van der Waals surface area (Å²) in [6.45, 7) is 0. The van der Waals surface area contributed by atoms with Crippen molar-refractivity contribution in [3.63, 3.8) is 0 Å². The highest BCUT2D eigenvalue weighted by molar-refractivity contribution is 7.80. The zero-order valence-electron chi connectivity index (χ0n) is 14.7. The zero-order chi connectivity index (χ0) is 19.8. The van der Waals surface area contributed by atoms with E-state index in [9.17, 15) is 14.4 Å². The molecule has 2 aromatic rings. The molecule has 4 N–H and O–H groups in total. The molecule has 2 rings (SSSR count). The van der Waals surface area contributed by atoms with Crippen LogP contribution in [0.3, 0.4) is 0 Å². The average molecular weight is 386 g/mol. The molecule has 0 atom stereocenters. The van der Waals surface area contributed by atoms with Crippen molar-refractivity contribution in [2.24, 2.45) is 0 Å². The van der Waals surface area contributed by atoms with E-state index < -0.39 is 12.1 Å². The number of anilines is 2. The van der Waals surface area contributed by atoms with Gasteiger partial charge in [0.2, 0.25) is 0 Å². The molecule has 0 bridgehead atoms. The number of benzene rings is 2. The molecule has 0 aliphatic carbocycles. The normalized spacial score (nSPS) is 9.70. The molecule has 9 heteroatoms. The van der Waals surface area contributed by atoms with E-state index in [-0.39, 0.29) is 10.9 Å². The van der Waals surface area contributed by atoms with Crippen LogP contribution in [0.4, 0.5) is 21.0 Å². The second-order valence-electron chi connectivity index (χ2n) is 5.23. The van der Waals surface area contributed by atoms with Crippen LogP contribution in [0.15, 0.2) is 48.5 Å². The van der Waals surface area contributed by atoms with Gasteiger partial charge < -0.3 is 20.7 Å². The number of hydrogen-bond donors (Lipinski definition) is 4. The third-order valence-corrected chi connectivity index (χ3v) is 3.65. The van der Waals surface area contributed by atoms with Gasteiger partial charge in [0.15, 0.2) is 10.9 Å². The van der Waals surface area contributed by atoms with E-state index in [0.717, 1.165) is 0 Å². The van der Waals surface area contributed by atoms with Crippen LogP contribution in [0.5, 0.6) is 0 Å². The number of nitrogens with one attached hydrogen (secondary N) is 4. The maximum Gasteiger partial charge on any atom is 0.413 e. The summed E-state index contributed by atoms with van der Waals surface area (Å²) in [6.07, 6.45) is -0.746. The van der Waals surface area contributed by atoms with Crippen molar-refractivity contribution in [2.75, 3.05) is 24.8 Å². The van der Waals surface area contributed by atoms with Gasteiger partial charge in [0.1, 0.15) is 0 Å². The van der Waals surface area contributed by atoms with Gasteiger partial charge in [-0.2, -0.15) is 0 Å². The Hall–Kier alpha value is -3.46. The number of hydrogen-bond acceptors (Lipinski definition) is 5. The number of alkyl carbamates (subject to hydrolysis) is 1. The number of rotatable bonds is 4. The first kappa shape index (κ1) is 19.9. The molecule has 140 valence electrons. The van der Waals surface area contributed by atoms with E-state index >= 15 is 0 Å². The number of urea groups is 1. The Kier molecular flexibility index (Phi) is 6.84. The Balaban J connectivity index is 2.33. The van der Waals surface area contributed by atoms with Crippen LogP contribution in [0.1, 0.15) is 15.9 Å². The molecular formula is C18H18N4O4S. The van der Waals surface area contributed by atoms with Crippen LogP contribution in [0, 0.1) is 0 Å². The number of carbonyl (C=O) groups is 3. The highest BCUT2D eigenvalue weighted by Crippen LogP contribution is 2.25.